The van der Waals surface area contributed by atoms with Gasteiger partial charge < -0.3 is 4.57 Å². The maximum Gasteiger partial charge on any atom is 0.135 e. The van der Waals surface area contributed by atoms with E-state index >= 15 is 0 Å². The van der Waals surface area contributed by atoms with Crippen molar-refractivity contribution in [3.8, 4) is 0 Å². The van der Waals surface area contributed by atoms with E-state index in [1.165, 1.54) is 24.5 Å². The molecule has 1 aliphatic rings. The fourth-order valence-corrected chi connectivity index (χ4v) is 2.16. The van der Waals surface area contributed by atoms with Crippen molar-refractivity contribution < 1.29 is 0 Å². The number of rotatable bonds is 2. The average molecular weight is 193 g/mol. The van der Waals surface area contributed by atoms with E-state index in [4.69, 9.17) is 0 Å². The summed E-state index contributed by atoms with van der Waals surface area (Å²) in [7, 11) is 0. The summed E-state index contributed by atoms with van der Waals surface area (Å²) in [6.07, 6.45) is 3.59. The average Bonchev–Trinajstić information content (AvgIpc) is 2.49. The van der Waals surface area contributed by atoms with Crippen LogP contribution in [0.3, 0.4) is 0 Å². The van der Waals surface area contributed by atoms with Crippen LogP contribution in [0.25, 0.3) is 0 Å². The van der Waals surface area contributed by atoms with Crippen molar-refractivity contribution in [3.63, 3.8) is 0 Å². The van der Waals surface area contributed by atoms with Crippen molar-refractivity contribution in [2.75, 3.05) is 0 Å². The first kappa shape index (κ1) is 9.69. The zero-order valence-corrected chi connectivity index (χ0v) is 9.32. The highest BCUT2D eigenvalue weighted by molar-refractivity contribution is 5.04. The molecule has 2 rings (SSSR count). The molecule has 1 aromatic heterocycles. The summed E-state index contributed by atoms with van der Waals surface area (Å²) in [5.41, 5.74) is 0. The summed E-state index contributed by atoms with van der Waals surface area (Å²) in [6, 6.07) is 0. The molecule has 0 fully saturated rings. The number of hydrogen-bond acceptors (Lipinski definition) is 2. The second kappa shape index (κ2) is 3.71. The predicted octanol–water partition coefficient (Wildman–Crippen LogP) is 2.37. The van der Waals surface area contributed by atoms with Crippen LogP contribution in [0.1, 0.15) is 51.2 Å². The molecule has 3 heteroatoms. The van der Waals surface area contributed by atoms with Crippen molar-refractivity contribution in [2.24, 2.45) is 5.92 Å². The van der Waals surface area contributed by atoms with E-state index in [0.717, 1.165) is 13.0 Å². The van der Waals surface area contributed by atoms with Gasteiger partial charge in [-0.25, -0.2) is 0 Å². The van der Waals surface area contributed by atoms with Gasteiger partial charge in [0.15, 0.2) is 0 Å². The van der Waals surface area contributed by atoms with E-state index in [1.807, 2.05) is 0 Å². The largest absolute Gasteiger partial charge is 0.315 e. The summed E-state index contributed by atoms with van der Waals surface area (Å²) < 4.78 is 2.33. The lowest BCUT2D eigenvalue weighted by Gasteiger charge is -2.20. The Labute approximate surface area is 85.5 Å². The maximum atomic E-state index is 4.30. The molecule has 0 bridgehead atoms. The van der Waals surface area contributed by atoms with Gasteiger partial charge in [-0.05, 0) is 18.8 Å². The van der Waals surface area contributed by atoms with Gasteiger partial charge in [-0.1, -0.05) is 20.8 Å². The second-order valence-electron chi connectivity index (χ2n) is 4.77. The summed E-state index contributed by atoms with van der Waals surface area (Å²) in [5.74, 6) is 3.64. The first-order chi connectivity index (χ1) is 6.68. The molecule has 3 nitrogen and oxygen atoms in total. The van der Waals surface area contributed by atoms with Gasteiger partial charge in [0.2, 0.25) is 0 Å². The van der Waals surface area contributed by atoms with E-state index in [2.05, 4.69) is 35.5 Å². The number of hydrogen-bond donors (Lipinski definition) is 0. The fourth-order valence-electron chi connectivity index (χ4n) is 2.16. The third kappa shape index (κ3) is 1.68. The molecule has 0 N–H and O–H groups in total. The van der Waals surface area contributed by atoms with E-state index < -0.39 is 0 Å². The van der Waals surface area contributed by atoms with Crippen LogP contribution in [0.4, 0.5) is 0 Å². The molecule has 14 heavy (non-hydrogen) atoms. The Morgan fingerprint density at radius 2 is 2.21 bits per heavy atom. The number of nitrogens with zero attached hydrogens (tertiary/aromatic N) is 3. The van der Waals surface area contributed by atoms with Gasteiger partial charge in [0.1, 0.15) is 11.6 Å². The van der Waals surface area contributed by atoms with Gasteiger partial charge in [0.25, 0.3) is 0 Å². The van der Waals surface area contributed by atoms with E-state index in [-0.39, 0.29) is 0 Å². The van der Waals surface area contributed by atoms with Gasteiger partial charge in [-0.2, -0.15) is 0 Å². The first-order valence-corrected chi connectivity index (χ1v) is 5.60. The monoisotopic (exact) mass is 193 g/mol. The molecule has 78 valence electrons. The first-order valence-electron chi connectivity index (χ1n) is 5.60. The molecule has 1 atom stereocenters. The lowest BCUT2D eigenvalue weighted by molar-refractivity contribution is 0.446. The minimum atomic E-state index is 0.595. The Morgan fingerprint density at radius 3 is 2.93 bits per heavy atom. The Balaban J connectivity index is 2.26. The van der Waals surface area contributed by atoms with Crippen molar-refractivity contribution in [2.45, 2.75) is 52.5 Å². The normalized spacial score (nSPS) is 21.3. The van der Waals surface area contributed by atoms with Crippen LogP contribution in [0, 0.1) is 5.92 Å². The lowest BCUT2D eigenvalue weighted by atomic mass is 10.0. The molecule has 1 aromatic rings. The van der Waals surface area contributed by atoms with Gasteiger partial charge in [0.05, 0.1) is 0 Å². The highest BCUT2D eigenvalue weighted by atomic mass is 15.3. The van der Waals surface area contributed by atoms with Crippen LogP contribution in [0.2, 0.25) is 0 Å². The van der Waals surface area contributed by atoms with Gasteiger partial charge in [-0.15, -0.1) is 10.2 Å². The summed E-state index contributed by atoms with van der Waals surface area (Å²) in [5, 5.41) is 8.61. The summed E-state index contributed by atoms with van der Waals surface area (Å²) in [6.45, 7) is 7.83. The highest BCUT2D eigenvalue weighted by Crippen LogP contribution is 2.26. The number of aromatic nitrogens is 3. The molecule has 0 saturated heterocycles. The minimum Gasteiger partial charge on any atom is -0.315 e. The minimum absolute atomic E-state index is 0.595. The molecule has 0 saturated carbocycles. The predicted molar refractivity (Wildman–Crippen MR) is 56.2 cm³/mol. The molecule has 2 heterocycles. The van der Waals surface area contributed by atoms with E-state index in [0.29, 0.717) is 11.8 Å². The van der Waals surface area contributed by atoms with Crippen LogP contribution >= 0.6 is 0 Å². The smallest absolute Gasteiger partial charge is 0.135 e. The third-order valence-corrected chi connectivity index (χ3v) is 2.91. The summed E-state index contributed by atoms with van der Waals surface area (Å²) >= 11 is 0. The Bertz CT molecular complexity index is 314. The molecule has 0 amide bonds. The van der Waals surface area contributed by atoms with Gasteiger partial charge >= 0.3 is 0 Å². The van der Waals surface area contributed by atoms with Crippen LogP contribution < -0.4 is 0 Å². The lowest BCUT2D eigenvalue weighted by Crippen LogP contribution is -2.16. The third-order valence-electron chi connectivity index (χ3n) is 2.91. The quantitative estimate of drug-likeness (QED) is 0.722. The molecular formula is C11H19N3. The van der Waals surface area contributed by atoms with Crippen LogP contribution in [-0.2, 0) is 13.0 Å². The van der Waals surface area contributed by atoms with Crippen molar-refractivity contribution >= 4 is 0 Å². The highest BCUT2D eigenvalue weighted by Gasteiger charge is 2.21. The second-order valence-corrected chi connectivity index (χ2v) is 4.77. The zero-order chi connectivity index (χ0) is 10.1. The van der Waals surface area contributed by atoms with Crippen molar-refractivity contribution in [1.29, 1.82) is 0 Å². The maximum absolute atomic E-state index is 4.30. The Kier molecular flexibility index (Phi) is 2.57. The molecular weight excluding hydrogens is 174 g/mol. The summed E-state index contributed by atoms with van der Waals surface area (Å²) in [4.78, 5) is 0. The van der Waals surface area contributed by atoms with Gasteiger partial charge in [0, 0.05) is 18.9 Å². The molecule has 0 aliphatic carbocycles. The fraction of sp³-hybridized carbons (Fsp3) is 0.818. The topological polar surface area (TPSA) is 30.7 Å². The van der Waals surface area contributed by atoms with E-state index in [1.54, 1.807) is 0 Å². The SMILES string of the molecule is CC(C)Cc1nnc2n1CCCC2C. The van der Waals surface area contributed by atoms with Crippen molar-refractivity contribution in [3.05, 3.63) is 11.6 Å². The zero-order valence-electron chi connectivity index (χ0n) is 9.32. The number of fused-ring (bicyclic) bond motifs is 1. The Morgan fingerprint density at radius 1 is 1.43 bits per heavy atom. The molecule has 0 spiro atoms. The van der Waals surface area contributed by atoms with Crippen LogP contribution in [0.15, 0.2) is 0 Å². The molecule has 1 aliphatic heterocycles. The Hall–Kier alpha value is -0.860. The molecule has 0 radical (unpaired) electrons. The standard InChI is InChI=1S/C11H19N3/c1-8(2)7-10-12-13-11-9(3)5-4-6-14(10)11/h8-9H,4-7H2,1-3H3. The molecule has 0 aromatic carbocycles. The van der Waals surface area contributed by atoms with Crippen LogP contribution in [0.5, 0.6) is 0 Å². The van der Waals surface area contributed by atoms with Crippen LogP contribution in [-0.4, -0.2) is 14.8 Å². The van der Waals surface area contributed by atoms with E-state index in [9.17, 15) is 0 Å². The van der Waals surface area contributed by atoms with Crippen molar-refractivity contribution in [1.82, 2.24) is 14.8 Å². The molecule has 1 unspecified atom stereocenters. The van der Waals surface area contributed by atoms with Gasteiger partial charge in [-0.3, -0.25) is 0 Å².